The average molecular weight is 364 g/mol. The summed E-state index contributed by atoms with van der Waals surface area (Å²) in [5, 5.41) is 0. The molecule has 1 aliphatic carbocycles. The minimum absolute atomic E-state index is 0.447. The lowest BCUT2D eigenvalue weighted by atomic mass is 9.89. The van der Waals surface area contributed by atoms with E-state index in [9.17, 15) is 0 Å². The van der Waals surface area contributed by atoms with Crippen molar-refractivity contribution in [2.24, 2.45) is 5.92 Å². The van der Waals surface area contributed by atoms with E-state index in [4.69, 9.17) is 9.72 Å². The molecule has 3 aromatic rings. The Morgan fingerprint density at radius 1 is 1.15 bits per heavy atom. The zero-order valence-electron chi connectivity index (χ0n) is 16.5. The fourth-order valence-corrected chi connectivity index (χ4v) is 4.03. The van der Waals surface area contributed by atoms with E-state index in [2.05, 4.69) is 40.5 Å². The molecule has 0 aliphatic heterocycles. The Hall–Kier alpha value is -2.43. The Bertz CT molecular complexity index is 925. The molecule has 0 unspecified atom stereocenters. The molecule has 5 nitrogen and oxygen atoms in total. The molecule has 2 heterocycles. The van der Waals surface area contributed by atoms with E-state index >= 15 is 0 Å². The molecule has 1 aliphatic rings. The van der Waals surface area contributed by atoms with E-state index in [0.29, 0.717) is 11.6 Å². The number of benzene rings is 1. The summed E-state index contributed by atoms with van der Waals surface area (Å²) in [4.78, 5) is 14.0. The van der Waals surface area contributed by atoms with Crippen molar-refractivity contribution in [2.45, 2.75) is 58.4 Å². The fraction of sp³-hybridized carbons (Fsp3) is 0.500. The molecule has 1 fully saturated rings. The first-order valence-corrected chi connectivity index (χ1v) is 10.0. The number of ether oxygens (including phenoxy) is 1. The van der Waals surface area contributed by atoms with E-state index < -0.39 is 0 Å². The predicted octanol–water partition coefficient (Wildman–Crippen LogP) is 5.21. The average Bonchev–Trinajstić information content (AvgIpc) is 3.10. The zero-order valence-corrected chi connectivity index (χ0v) is 16.5. The third kappa shape index (κ3) is 3.68. The topological polar surface area (TPSA) is 52.8 Å². The molecule has 0 spiro atoms. The Balaban J connectivity index is 1.72. The Morgan fingerprint density at radius 2 is 1.96 bits per heavy atom. The van der Waals surface area contributed by atoms with Gasteiger partial charge in [0, 0.05) is 12.1 Å². The number of rotatable bonds is 5. The maximum absolute atomic E-state index is 5.59. The van der Waals surface area contributed by atoms with Crippen molar-refractivity contribution in [3.05, 3.63) is 36.3 Å². The van der Waals surface area contributed by atoms with Gasteiger partial charge < -0.3 is 9.30 Å². The van der Waals surface area contributed by atoms with Crippen LogP contribution >= 0.6 is 0 Å². The molecule has 5 heteroatoms. The highest BCUT2D eigenvalue weighted by Crippen LogP contribution is 2.32. The van der Waals surface area contributed by atoms with E-state index in [1.165, 1.54) is 37.7 Å². The monoisotopic (exact) mass is 364 g/mol. The second-order valence-electron chi connectivity index (χ2n) is 7.92. The van der Waals surface area contributed by atoms with Crippen LogP contribution in [0.25, 0.3) is 22.6 Å². The smallest absolute Gasteiger partial charge is 0.197 e. The van der Waals surface area contributed by atoms with Crippen LogP contribution in [-0.2, 0) is 6.54 Å². The lowest BCUT2D eigenvalue weighted by molar-refractivity contribution is 0.321. The maximum atomic E-state index is 5.59. The summed E-state index contributed by atoms with van der Waals surface area (Å²) in [5.74, 6) is 2.00. The normalized spacial score (nSPS) is 15.6. The van der Waals surface area contributed by atoms with Crippen LogP contribution in [0.4, 0.5) is 0 Å². The summed E-state index contributed by atoms with van der Waals surface area (Å²) < 4.78 is 7.77. The third-order valence-corrected chi connectivity index (χ3v) is 5.67. The molecule has 0 bridgehead atoms. The van der Waals surface area contributed by atoms with Crippen LogP contribution < -0.4 is 4.74 Å². The molecular weight excluding hydrogens is 336 g/mol. The van der Waals surface area contributed by atoms with Crippen molar-refractivity contribution < 1.29 is 4.74 Å². The molecule has 1 aromatic carbocycles. The lowest BCUT2D eigenvalue weighted by Gasteiger charge is -2.21. The predicted molar refractivity (Wildman–Crippen MR) is 108 cm³/mol. The van der Waals surface area contributed by atoms with Crippen LogP contribution in [0, 0.1) is 5.92 Å². The largest absolute Gasteiger partial charge is 0.496 e. The van der Waals surface area contributed by atoms with Crippen molar-refractivity contribution >= 4 is 11.3 Å². The molecule has 2 aromatic heterocycles. The molecule has 1 saturated carbocycles. The van der Waals surface area contributed by atoms with Gasteiger partial charge in [-0.1, -0.05) is 39.2 Å². The van der Waals surface area contributed by atoms with Crippen LogP contribution in [-0.4, -0.2) is 26.6 Å². The van der Waals surface area contributed by atoms with Gasteiger partial charge in [-0.05, 0) is 42.4 Å². The van der Waals surface area contributed by atoms with Gasteiger partial charge in [0.15, 0.2) is 11.3 Å². The number of hydrogen-bond donors (Lipinski definition) is 0. The molecule has 0 atom stereocenters. The zero-order chi connectivity index (χ0) is 18.8. The second kappa shape index (κ2) is 7.67. The standard InChI is InChI=1S/C22H28N4O/c1-15(2)17-9-10-20(27-3)18(11-17)19-12-23-21-22(25-19)26(14-24-21)13-16-7-5-4-6-8-16/h9-12,14-16H,4-8,13H2,1-3H3. The van der Waals surface area contributed by atoms with Gasteiger partial charge in [0.2, 0.25) is 0 Å². The highest BCUT2D eigenvalue weighted by Gasteiger charge is 2.17. The van der Waals surface area contributed by atoms with E-state index in [-0.39, 0.29) is 0 Å². The van der Waals surface area contributed by atoms with Gasteiger partial charge >= 0.3 is 0 Å². The number of aromatic nitrogens is 4. The van der Waals surface area contributed by atoms with Crippen molar-refractivity contribution in [1.82, 2.24) is 19.5 Å². The summed E-state index contributed by atoms with van der Waals surface area (Å²) in [6, 6.07) is 6.31. The van der Waals surface area contributed by atoms with Gasteiger partial charge in [-0.15, -0.1) is 0 Å². The first kappa shape index (κ1) is 18.0. The first-order valence-electron chi connectivity index (χ1n) is 10.0. The van der Waals surface area contributed by atoms with Gasteiger partial charge in [0.25, 0.3) is 0 Å². The van der Waals surface area contributed by atoms with Crippen LogP contribution in [0.3, 0.4) is 0 Å². The SMILES string of the molecule is COc1ccc(C(C)C)cc1-c1cnc2ncn(CC3CCCCC3)c2n1. The number of hydrogen-bond acceptors (Lipinski definition) is 4. The summed E-state index contributed by atoms with van der Waals surface area (Å²) in [5.41, 5.74) is 4.68. The summed E-state index contributed by atoms with van der Waals surface area (Å²) in [7, 11) is 1.70. The van der Waals surface area contributed by atoms with Crippen LogP contribution in [0.5, 0.6) is 5.75 Å². The molecule has 0 N–H and O–H groups in total. The molecule has 4 rings (SSSR count). The van der Waals surface area contributed by atoms with Gasteiger partial charge in [-0.25, -0.2) is 15.0 Å². The van der Waals surface area contributed by atoms with Gasteiger partial charge in [-0.2, -0.15) is 0 Å². The van der Waals surface area contributed by atoms with E-state index in [0.717, 1.165) is 35.1 Å². The van der Waals surface area contributed by atoms with Crippen molar-refractivity contribution in [1.29, 1.82) is 0 Å². The fourth-order valence-electron chi connectivity index (χ4n) is 4.03. The lowest BCUT2D eigenvalue weighted by Crippen LogP contribution is -2.14. The van der Waals surface area contributed by atoms with Crippen LogP contribution in [0.2, 0.25) is 0 Å². The number of fused-ring (bicyclic) bond motifs is 1. The highest BCUT2D eigenvalue weighted by atomic mass is 16.5. The van der Waals surface area contributed by atoms with Crippen LogP contribution in [0.1, 0.15) is 57.4 Å². The molecule has 142 valence electrons. The summed E-state index contributed by atoms with van der Waals surface area (Å²) in [6.07, 6.45) is 10.4. The van der Waals surface area contributed by atoms with E-state index in [1.54, 1.807) is 7.11 Å². The highest BCUT2D eigenvalue weighted by molar-refractivity contribution is 5.74. The Kier molecular flexibility index (Phi) is 5.10. The van der Waals surface area contributed by atoms with Crippen molar-refractivity contribution in [3.63, 3.8) is 0 Å². The van der Waals surface area contributed by atoms with Gasteiger partial charge in [0.05, 0.1) is 25.3 Å². The van der Waals surface area contributed by atoms with Gasteiger partial charge in [0.1, 0.15) is 5.75 Å². The maximum Gasteiger partial charge on any atom is 0.197 e. The molecule has 0 radical (unpaired) electrons. The Morgan fingerprint density at radius 3 is 2.70 bits per heavy atom. The number of nitrogens with zero attached hydrogens (tertiary/aromatic N) is 4. The molecule has 27 heavy (non-hydrogen) atoms. The number of imidazole rings is 1. The van der Waals surface area contributed by atoms with E-state index in [1.807, 2.05) is 18.6 Å². The van der Waals surface area contributed by atoms with Crippen LogP contribution in [0.15, 0.2) is 30.7 Å². The van der Waals surface area contributed by atoms with Crippen molar-refractivity contribution in [2.75, 3.05) is 7.11 Å². The van der Waals surface area contributed by atoms with Gasteiger partial charge in [-0.3, -0.25) is 0 Å². The summed E-state index contributed by atoms with van der Waals surface area (Å²) in [6.45, 7) is 5.37. The minimum Gasteiger partial charge on any atom is -0.496 e. The quantitative estimate of drug-likeness (QED) is 0.624. The molecule has 0 saturated heterocycles. The first-order chi connectivity index (χ1) is 13.2. The molecule has 0 amide bonds. The minimum atomic E-state index is 0.447. The third-order valence-electron chi connectivity index (χ3n) is 5.67. The summed E-state index contributed by atoms with van der Waals surface area (Å²) >= 11 is 0. The Labute approximate surface area is 160 Å². The second-order valence-corrected chi connectivity index (χ2v) is 7.92. The molecular formula is C22H28N4O. The number of methoxy groups -OCH3 is 1. The van der Waals surface area contributed by atoms with Crippen molar-refractivity contribution in [3.8, 4) is 17.0 Å².